The number of anilines is 1. The van der Waals surface area contributed by atoms with Gasteiger partial charge in [0.15, 0.2) is 25.6 Å². The van der Waals surface area contributed by atoms with E-state index in [1.165, 1.54) is 0 Å². The summed E-state index contributed by atoms with van der Waals surface area (Å²) < 4.78 is 34.9. The van der Waals surface area contributed by atoms with E-state index < -0.39 is 14.9 Å². The number of aromatic nitrogens is 7. The van der Waals surface area contributed by atoms with Crippen molar-refractivity contribution in [1.82, 2.24) is 34.3 Å². The number of pyridine rings is 2. The average Bonchev–Trinajstić information content (AvgIpc) is 3.53. The second kappa shape index (κ2) is 9.93. The number of halogens is 2. The summed E-state index contributed by atoms with van der Waals surface area (Å²) in [6.07, 6.45) is 2.60. The molecule has 0 amide bonds. The molecule has 0 atom stereocenters. The van der Waals surface area contributed by atoms with Gasteiger partial charge in [0, 0.05) is 11.9 Å². The van der Waals surface area contributed by atoms with Gasteiger partial charge in [-0.2, -0.15) is 13.5 Å². The first-order valence-electron chi connectivity index (χ1n) is 12.5. The largest absolute Gasteiger partial charge is 0.413 e. The number of benzene rings is 1. The van der Waals surface area contributed by atoms with Crippen LogP contribution in [-0.2, 0) is 11.0 Å². The van der Waals surface area contributed by atoms with Crippen LogP contribution >= 0.6 is 0 Å². The molecule has 0 spiro atoms. The van der Waals surface area contributed by atoms with E-state index in [0.717, 1.165) is 17.6 Å². The fourth-order valence-electron chi connectivity index (χ4n) is 3.82. The molecule has 9 nitrogen and oxygen atoms in total. The molecular weight excluding hydrogens is 518 g/mol. The zero-order chi connectivity index (χ0) is 27.9. The quantitative estimate of drug-likeness (QED) is 0.240. The highest BCUT2D eigenvalue weighted by Crippen LogP contribution is 2.37. The van der Waals surface area contributed by atoms with Crippen molar-refractivity contribution >= 4 is 25.3 Å². The van der Waals surface area contributed by atoms with Crippen LogP contribution in [0, 0.1) is 0 Å². The molecule has 4 heterocycles. The Bertz CT molecular complexity index is 1620. The second-order valence-electron chi connectivity index (χ2n) is 10.8. The Balaban J connectivity index is 1.59. The summed E-state index contributed by atoms with van der Waals surface area (Å²) in [5, 5.41) is 3.98. The van der Waals surface area contributed by atoms with Gasteiger partial charge >= 0.3 is 6.55 Å². The van der Waals surface area contributed by atoms with Crippen LogP contribution in [-0.4, -0.2) is 42.6 Å². The van der Waals surface area contributed by atoms with Crippen molar-refractivity contribution in [2.24, 2.45) is 0 Å². The maximum absolute atomic E-state index is 13.1. The van der Waals surface area contributed by atoms with Gasteiger partial charge in [-0.25, -0.2) is 19.9 Å². The molecule has 12 heteroatoms. The number of nitrogens with two attached hydrogens (primary N) is 1. The third-order valence-electron chi connectivity index (χ3n) is 7.12. The van der Waals surface area contributed by atoms with Crippen molar-refractivity contribution < 1.29 is 13.2 Å². The maximum atomic E-state index is 13.1. The van der Waals surface area contributed by atoms with Gasteiger partial charge in [0.05, 0.1) is 12.2 Å². The fourth-order valence-corrected chi connectivity index (χ4v) is 4.78. The lowest BCUT2D eigenvalue weighted by atomic mass is 10.2. The SMILES string of the molecule is CC(C)(C)[Si](C)(C)OCc1ccc(-n2c(-c3cccnc3N)nc3ccc(-c4ncn(C(F)F)n4)nc32)cc1. The van der Waals surface area contributed by atoms with Crippen LogP contribution in [0.5, 0.6) is 0 Å². The number of alkyl halides is 2. The first-order valence-corrected chi connectivity index (χ1v) is 15.4. The standard InChI is InChI=1S/C27H30F2N8OSi/c1-27(2,3)39(4,5)38-15-17-8-10-18(11-9-17)37-24(19-7-6-14-31-22(19)30)34-21-13-12-20(33-25(21)37)23-32-16-36(35-23)26(28)29/h6-14,16,26H,15H2,1-5H3,(H2,30,31). The first-order chi connectivity index (χ1) is 18.4. The highest BCUT2D eigenvalue weighted by molar-refractivity contribution is 6.74. The van der Waals surface area contributed by atoms with Gasteiger partial charge in [0.1, 0.15) is 23.4 Å². The lowest BCUT2D eigenvalue weighted by Gasteiger charge is -2.36. The van der Waals surface area contributed by atoms with Crippen molar-refractivity contribution in [3.8, 4) is 28.6 Å². The van der Waals surface area contributed by atoms with Gasteiger partial charge in [0.25, 0.3) is 0 Å². The predicted octanol–water partition coefficient (Wildman–Crippen LogP) is 6.24. The highest BCUT2D eigenvalue weighted by Gasteiger charge is 2.37. The summed E-state index contributed by atoms with van der Waals surface area (Å²) >= 11 is 0. The molecule has 5 rings (SSSR count). The number of hydrogen-bond donors (Lipinski definition) is 1. The maximum Gasteiger partial charge on any atom is 0.334 e. The molecule has 0 aliphatic rings. The molecule has 1 aromatic carbocycles. The number of nitrogen functional groups attached to an aromatic ring is 1. The van der Waals surface area contributed by atoms with Crippen LogP contribution in [0.1, 0.15) is 32.9 Å². The number of imidazole rings is 1. The first kappa shape index (κ1) is 26.6. The summed E-state index contributed by atoms with van der Waals surface area (Å²) in [6.45, 7) is 8.83. The molecule has 39 heavy (non-hydrogen) atoms. The van der Waals surface area contributed by atoms with E-state index in [1.807, 2.05) is 34.9 Å². The van der Waals surface area contributed by atoms with E-state index in [4.69, 9.17) is 20.1 Å². The summed E-state index contributed by atoms with van der Waals surface area (Å²) in [7, 11) is -1.90. The lowest BCUT2D eigenvalue weighted by Crippen LogP contribution is -2.40. The van der Waals surface area contributed by atoms with Crippen molar-refractivity contribution in [2.45, 2.75) is 52.1 Å². The Kier molecular flexibility index (Phi) is 6.77. The number of rotatable bonds is 7. The van der Waals surface area contributed by atoms with Crippen molar-refractivity contribution in [1.29, 1.82) is 0 Å². The minimum Gasteiger partial charge on any atom is -0.413 e. The van der Waals surface area contributed by atoms with Crippen molar-refractivity contribution in [3.05, 3.63) is 66.6 Å². The molecule has 0 fully saturated rings. The molecule has 2 N–H and O–H groups in total. The third-order valence-corrected chi connectivity index (χ3v) is 11.6. The summed E-state index contributed by atoms with van der Waals surface area (Å²) in [6, 6.07) is 15.0. The zero-order valence-corrected chi connectivity index (χ0v) is 23.4. The van der Waals surface area contributed by atoms with Crippen LogP contribution in [0.15, 0.2) is 61.1 Å². The monoisotopic (exact) mass is 548 g/mol. The number of hydrogen-bond acceptors (Lipinski definition) is 7. The van der Waals surface area contributed by atoms with Crippen molar-refractivity contribution in [3.63, 3.8) is 0 Å². The lowest BCUT2D eigenvalue weighted by molar-refractivity contribution is 0.0564. The fraction of sp³-hybridized carbons (Fsp3) is 0.296. The summed E-state index contributed by atoms with van der Waals surface area (Å²) in [5.41, 5.74) is 10.1. The second-order valence-corrected chi connectivity index (χ2v) is 15.6. The molecule has 0 bridgehead atoms. The van der Waals surface area contributed by atoms with Crippen LogP contribution < -0.4 is 5.73 Å². The molecule has 4 aromatic heterocycles. The van der Waals surface area contributed by atoms with Gasteiger partial charge in [-0.3, -0.25) is 4.57 Å². The van der Waals surface area contributed by atoms with Gasteiger partial charge in [-0.1, -0.05) is 32.9 Å². The van der Waals surface area contributed by atoms with E-state index in [-0.39, 0.29) is 10.9 Å². The van der Waals surface area contributed by atoms with Gasteiger partial charge in [-0.15, -0.1) is 5.10 Å². The molecule has 5 aromatic rings. The van der Waals surface area contributed by atoms with Crippen LogP contribution in [0.3, 0.4) is 0 Å². The summed E-state index contributed by atoms with van der Waals surface area (Å²) in [5.74, 6) is 0.966. The van der Waals surface area contributed by atoms with Gasteiger partial charge < -0.3 is 10.2 Å². The minimum absolute atomic E-state index is 0.0884. The molecular formula is C27H30F2N8OSi. The molecule has 0 aliphatic heterocycles. The normalized spacial score (nSPS) is 12.5. The Morgan fingerprint density at radius 1 is 1.00 bits per heavy atom. The average molecular weight is 549 g/mol. The van der Waals surface area contributed by atoms with Gasteiger partial charge in [-0.05, 0) is 60.1 Å². The van der Waals surface area contributed by atoms with E-state index >= 15 is 0 Å². The Morgan fingerprint density at radius 3 is 2.38 bits per heavy atom. The molecule has 0 saturated heterocycles. The van der Waals surface area contributed by atoms with E-state index in [1.54, 1.807) is 24.4 Å². The van der Waals surface area contributed by atoms with E-state index in [2.05, 4.69) is 48.9 Å². The van der Waals surface area contributed by atoms with Crippen molar-refractivity contribution in [2.75, 3.05) is 5.73 Å². The topological polar surface area (TPSA) is 110 Å². The molecule has 0 aliphatic carbocycles. The molecule has 0 saturated carbocycles. The smallest absolute Gasteiger partial charge is 0.334 e. The third kappa shape index (κ3) is 5.17. The molecule has 0 radical (unpaired) electrons. The minimum atomic E-state index is -2.79. The summed E-state index contributed by atoms with van der Waals surface area (Å²) in [4.78, 5) is 17.8. The predicted molar refractivity (Wildman–Crippen MR) is 149 cm³/mol. The van der Waals surface area contributed by atoms with Gasteiger partial charge in [0.2, 0.25) is 0 Å². The molecule has 0 unspecified atom stereocenters. The van der Waals surface area contributed by atoms with E-state index in [9.17, 15) is 8.78 Å². The number of fused-ring (bicyclic) bond motifs is 1. The van der Waals surface area contributed by atoms with Crippen LogP contribution in [0.4, 0.5) is 14.6 Å². The Morgan fingerprint density at radius 2 is 1.74 bits per heavy atom. The Hall–Kier alpha value is -4.03. The zero-order valence-electron chi connectivity index (χ0n) is 22.4. The molecule has 202 valence electrons. The van der Waals surface area contributed by atoms with Crippen LogP contribution in [0.25, 0.3) is 39.8 Å². The van der Waals surface area contributed by atoms with E-state index in [0.29, 0.717) is 45.4 Å². The number of nitrogens with zero attached hydrogens (tertiary/aromatic N) is 7. The Labute approximate surface area is 225 Å². The highest BCUT2D eigenvalue weighted by atomic mass is 28.4. The van der Waals surface area contributed by atoms with Crippen LogP contribution in [0.2, 0.25) is 18.1 Å².